The van der Waals surface area contributed by atoms with Crippen LogP contribution in [0.15, 0.2) is 35.1 Å². The van der Waals surface area contributed by atoms with Gasteiger partial charge in [-0.15, -0.1) is 11.3 Å². The second-order valence-corrected chi connectivity index (χ2v) is 6.89. The zero-order chi connectivity index (χ0) is 13.5. The lowest BCUT2D eigenvalue weighted by Gasteiger charge is -2.07. The van der Waals surface area contributed by atoms with E-state index >= 15 is 0 Å². The van der Waals surface area contributed by atoms with Crippen molar-refractivity contribution in [2.75, 3.05) is 5.32 Å². The lowest BCUT2D eigenvalue weighted by Crippen LogP contribution is -1.95. The van der Waals surface area contributed by atoms with Crippen molar-refractivity contribution in [1.82, 2.24) is 9.97 Å². The van der Waals surface area contributed by atoms with E-state index in [-0.39, 0.29) is 0 Å². The molecule has 0 atom stereocenters. The summed E-state index contributed by atoms with van der Waals surface area (Å²) in [4.78, 5) is 11.5. The van der Waals surface area contributed by atoms with Crippen molar-refractivity contribution in [3.8, 4) is 0 Å². The predicted molar refractivity (Wildman–Crippen MR) is 86.9 cm³/mol. The smallest absolute Gasteiger partial charge is 0.142 e. The molecule has 0 bridgehead atoms. The number of aryl methyl sites for hydroxylation is 2. The van der Waals surface area contributed by atoms with E-state index in [9.17, 15) is 0 Å². The van der Waals surface area contributed by atoms with Crippen LogP contribution in [0.1, 0.15) is 16.9 Å². The number of benzene rings is 1. The fourth-order valence-corrected chi connectivity index (χ4v) is 4.19. The van der Waals surface area contributed by atoms with Crippen molar-refractivity contribution in [3.05, 3.63) is 45.5 Å². The van der Waals surface area contributed by atoms with Crippen LogP contribution < -0.4 is 5.32 Å². The van der Waals surface area contributed by atoms with Gasteiger partial charge in [0.05, 0.1) is 5.39 Å². The fraction of sp³-hybridized carbons (Fsp3) is 0.200. The maximum Gasteiger partial charge on any atom is 0.142 e. The first-order chi connectivity index (χ1) is 9.81. The SMILES string of the molecule is Brc1ccc(Nc2ncnc3sc4c(c23)CCC4)cc1. The van der Waals surface area contributed by atoms with E-state index in [0.29, 0.717) is 0 Å². The van der Waals surface area contributed by atoms with Crippen LogP contribution >= 0.6 is 27.3 Å². The molecule has 100 valence electrons. The van der Waals surface area contributed by atoms with Crippen LogP contribution in [0.4, 0.5) is 11.5 Å². The molecule has 2 aromatic heterocycles. The summed E-state index contributed by atoms with van der Waals surface area (Å²) in [7, 11) is 0. The van der Waals surface area contributed by atoms with E-state index in [1.807, 2.05) is 35.6 Å². The van der Waals surface area contributed by atoms with Gasteiger partial charge in [-0.05, 0) is 49.1 Å². The summed E-state index contributed by atoms with van der Waals surface area (Å²) in [5.41, 5.74) is 2.50. The number of halogens is 1. The molecule has 0 saturated carbocycles. The number of nitrogens with zero attached hydrogens (tertiary/aromatic N) is 2. The van der Waals surface area contributed by atoms with E-state index in [0.717, 1.165) is 27.2 Å². The Morgan fingerprint density at radius 2 is 1.95 bits per heavy atom. The Balaban J connectivity index is 1.81. The lowest BCUT2D eigenvalue weighted by atomic mass is 10.2. The molecule has 1 aliphatic carbocycles. The van der Waals surface area contributed by atoms with E-state index in [1.54, 1.807) is 6.33 Å². The Labute approximate surface area is 129 Å². The zero-order valence-corrected chi connectivity index (χ0v) is 13.1. The molecule has 3 nitrogen and oxygen atoms in total. The first kappa shape index (κ1) is 12.3. The summed E-state index contributed by atoms with van der Waals surface area (Å²) in [5, 5.41) is 4.64. The highest BCUT2D eigenvalue weighted by atomic mass is 79.9. The maximum atomic E-state index is 4.45. The summed E-state index contributed by atoms with van der Waals surface area (Å²) < 4.78 is 1.08. The first-order valence-corrected chi connectivity index (χ1v) is 8.20. The van der Waals surface area contributed by atoms with Gasteiger partial charge in [-0.1, -0.05) is 15.9 Å². The highest BCUT2D eigenvalue weighted by molar-refractivity contribution is 9.10. The van der Waals surface area contributed by atoms with Crippen LogP contribution in [0.5, 0.6) is 0 Å². The van der Waals surface area contributed by atoms with Crippen LogP contribution in [0, 0.1) is 0 Å². The third kappa shape index (κ3) is 2.01. The number of hydrogen-bond donors (Lipinski definition) is 1. The molecule has 20 heavy (non-hydrogen) atoms. The number of rotatable bonds is 2. The van der Waals surface area contributed by atoms with Gasteiger partial charge < -0.3 is 5.32 Å². The topological polar surface area (TPSA) is 37.8 Å². The minimum Gasteiger partial charge on any atom is -0.340 e. The third-order valence-corrected chi connectivity index (χ3v) is 5.34. The maximum absolute atomic E-state index is 4.45. The van der Waals surface area contributed by atoms with Gasteiger partial charge in [-0.2, -0.15) is 0 Å². The van der Waals surface area contributed by atoms with Gasteiger partial charge in [0.1, 0.15) is 17.0 Å². The largest absolute Gasteiger partial charge is 0.340 e. The monoisotopic (exact) mass is 345 g/mol. The summed E-state index contributed by atoms with van der Waals surface area (Å²) in [5.74, 6) is 0.928. The summed E-state index contributed by atoms with van der Waals surface area (Å²) in [6.45, 7) is 0. The minimum absolute atomic E-state index is 0.928. The van der Waals surface area contributed by atoms with E-state index in [2.05, 4.69) is 31.2 Å². The van der Waals surface area contributed by atoms with Gasteiger partial charge in [-0.25, -0.2) is 9.97 Å². The molecule has 0 radical (unpaired) electrons. The predicted octanol–water partition coefficient (Wildman–Crippen LogP) is 4.69. The molecule has 2 heterocycles. The molecule has 3 aromatic rings. The average molecular weight is 346 g/mol. The Kier molecular flexibility index (Phi) is 2.97. The van der Waals surface area contributed by atoms with Crippen LogP contribution in [-0.4, -0.2) is 9.97 Å². The molecular weight excluding hydrogens is 334 g/mol. The van der Waals surface area contributed by atoms with Gasteiger partial charge in [0, 0.05) is 15.0 Å². The molecule has 0 fully saturated rings. The molecule has 0 saturated heterocycles. The molecule has 0 unspecified atom stereocenters. The van der Waals surface area contributed by atoms with Crippen molar-refractivity contribution in [2.45, 2.75) is 19.3 Å². The Morgan fingerprint density at radius 3 is 2.80 bits per heavy atom. The number of aromatic nitrogens is 2. The summed E-state index contributed by atoms with van der Waals surface area (Å²) in [6.07, 6.45) is 5.24. The average Bonchev–Trinajstić information content (AvgIpc) is 3.02. The van der Waals surface area contributed by atoms with Crippen molar-refractivity contribution in [3.63, 3.8) is 0 Å². The van der Waals surface area contributed by atoms with Gasteiger partial charge >= 0.3 is 0 Å². The molecule has 5 heteroatoms. The molecule has 1 aromatic carbocycles. The van der Waals surface area contributed by atoms with Crippen LogP contribution in [0.3, 0.4) is 0 Å². The van der Waals surface area contributed by atoms with E-state index < -0.39 is 0 Å². The van der Waals surface area contributed by atoms with Crippen molar-refractivity contribution >= 4 is 49.0 Å². The minimum atomic E-state index is 0.928. The van der Waals surface area contributed by atoms with Crippen molar-refractivity contribution in [1.29, 1.82) is 0 Å². The highest BCUT2D eigenvalue weighted by Gasteiger charge is 2.21. The van der Waals surface area contributed by atoms with Crippen molar-refractivity contribution < 1.29 is 0 Å². The number of thiophene rings is 1. The van der Waals surface area contributed by atoms with Crippen LogP contribution in [0.2, 0.25) is 0 Å². The van der Waals surface area contributed by atoms with Crippen LogP contribution in [-0.2, 0) is 12.8 Å². The first-order valence-electron chi connectivity index (χ1n) is 6.59. The lowest BCUT2D eigenvalue weighted by molar-refractivity contribution is 0.917. The van der Waals surface area contributed by atoms with Crippen molar-refractivity contribution in [2.24, 2.45) is 0 Å². The summed E-state index contributed by atoms with van der Waals surface area (Å²) in [6, 6.07) is 8.15. The molecule has 4 rings (SSSR count). The number of fused-ring (bicyclic) bond motifs is 3. The molecule has 0 aliphatic heterocycles. The Hall–Kier alpha value is -1.46. The second-order valence-electron chi connectivity index (χ2n) is 4.89. The Bertz CT molecular complexity index is 780. The van der Waals surface area contributed by atoms with Gasteiger partial charge in [0.15, 0.2) is 0 Å². The number of hydrogen-bond acceptors (Lipinski definition) is 4. The molecule has 0 spiro atoms. The second kappa shape index (κ2) is 4.82. The van der Waals surface area contributed by atoms with E-state index in [4.69, 9.17) is 0 Å². The summed E-state index contributed by atoms with van der Waals surface area (Å²) >= 11 is 5.27. The molecule has 1 N–H and O–H groups in total. The fourth-order valence-electron chi connectivity index (χ4n) is 2.69. The molecule has 0 amide bonds. The van der Waals surface area contributed by atoms with Crippen LogP contribution in [0.25, 0.3) is 10.2 Å². The normalized spacial score (nSPS) is 13.7. The quantitative estimate of drug-likeness (QED) is 0.732. The Morgan fingerprint density at radius 1 is 1.10 bits per heavy atom. The van der Waals surface area contributed by atoms with Gasteiger partial charge in [-0.3, -0.25) is 0 Å². The zero-order valence-electron chi connectivity index (χ0n) is 10.7. The standard InChI is InChI=1S/C15H12BrN3S/c16-9-4-6-10(7-5-9)19-14-13-11-2-1-3-12(11)20-15(13)18-8-17-14/h4-8H,1-3H2,(H,17,18,19). The van der Waals surface area contributed by atoms with Gasteiger partial charge in [0.2, 0.25) is 0 Å². The highest BCUT2D eigenvalue weighted by Crippen LogP contribution is 2.39. The number of nitrogens with one attached hydrogen (secondary N) is 1. The number of anilines is 2. The molecule has 1 aliphatic rings. The third-order valence-electron chi connectivity index (χ3n) is 3.61. The van der Waals surface area contributed by atoms with E-state index in [1.165, 1.54) is 28.7 Å². The van der Waals surface area contributed by atoms with Gasteiger partial charge in [0.25, 0.3) is 0 Å². The molecular formula is C15H12BrN3S.